The molecular formula is C17H20N4O2. The minimum absolute atomic E-state index is 0.0504. The number of pyridine rings is 1. The third kappa shape index (κ3) is 3.83. The summed E-state index contributed by atoms with van der Waals surface area (Å²) in [5.41, 5.74) is 1.77. The third-order valence-electron chi connectivity index (χ3n) is 4.02. The first-order chi connectivity index (χ1) is 11.3. The molecular weight excluding hydrogens is 292 g/mol. The predicted octanol–water partition coefficient (Wildman–Crippen LogP) is 2.12. The molecule has 23 heavy (non-hydrogen) atoms. The summed E-state index contributed by atoms with van der Waals surface area (Å²) in [6.07, 6.45) is 9.42. The summed E-state index contributed by atoms with van der Waals surface area (Å²) in [4.78, 5) is 26.6. The Kier molecular flexibility index (Phi) is 4.80. The summed E-state index contributed by atoms with van der Waals surface area (Å²) in [6, 6.07) is 3.91. The van der Waals surface area contributed by atoms with E-state index >= 15 is 0 Å². The van der Waals surface area contributed by atoms with E-state index in [1.165, 1.54) is 0 Å². The summed E-state index contributed by atoms with van der Waals surface area (Å²) in [5, 5.41) is 0. The van der Waals surface area contributed by atoms with Gasteiger partial charge in [0.25, 0.3) is 5.91 Å². The van der Waals surface area contributed by atoms with E-state index in [-0.39, 0.29) is 12.0 Å². The zero-order valence-electron chi connectivity index (χ0n) is 13.2. The molecule has 120 valence electrons. The zero-order chi connectivity index (χ0) is 16.1. The van der Waals surface area contributed by atoms with Crippen molar-refractivity contribution in [2.45, 2.75) is 32.3 Å². The van der Waals surface area contributed by atoms with E-state index in [0.717, 1.165) is 24.8 Å². The number of carbonyl (C=O) groups excluding carboxylic acids is 1. The predicted molar refractivity (Wildman–Crippen MR) is 85.2 cm³/mol. The molecule has 0 saturated carbocycles. The molecule has 2 aromatic heterocycles. The summed E-state index contributed by atoms with van der Waals surface area (Å²) in [7, 11) is 0. The molecule has 1 amide bonds. The minimum atomic E-state index is 0.0504. The number of aromatic nitrogens is 3. The van der Waals surface area contributed by atoms with E-state index in [0.29, 0.717) is 24.7 Å². The molecule has 1 aliphatic rings. The molecule has 0 N–H and O–H groups in total. The van der Waals surface area contributed by atoms with Gasteiger partial charge in [-0.3, -0.25) is 9.78 Å². The molecule has 1 aliphatic heterocycles. The van der Waals surface area contributed by atoms with Crippen LogP contribution in [-0.4, -0.2) is 45.0 Å². The highest BCUT2D eigenvalue weighted by atomic mass is 16.5. The second-order valence-corrected chi connectivity index (χ2v) is 5.57. The average molecular weight is 312 g/mol. The van der Waals surface area contributed by atoms with E-state index in [4.69, 9.17) is 4.74 Å². The number of likely N-dealkylation sites (tertiary alicyclic amines) is 1. The lowest BCUT2D eigenvalue weighted by molar-refractivity contribution is 0.0578. The molecule has 3 rings (SSSR count). The van der Waals surface area contributed by atoms with Crippen LogP contribution in [0.4, 0.5) is 0 Å². The Hall–Kier alpha value is -2.50. The molecule has 1 saturated heterocycles. The Morgan fingerprint density at radius 1 is 1.22 bits per heavy atom. The van der Waals surface area contributed by atoms with Crippen LogP contribution in [-0.2, 0) is 6.42 Å². The first-order valence-electron chi connectivity index (χ1n) is 7.93. The summed E-state index contributed by atoms with van der Waals surface area (Å²) < 4.78 is 5.82. The van der Waals surface area contributed by atoms with E-state index in [1.54, 1.807) is 36.9 Å². The van der Waals surface area contributed by atoms with E-state index in [2.05, 4.69) is 21.9 Å². The number of carbonyl (C=O) groups is 1. The lowest BCUT2D eigenvalue weighted by Gasteiger charge is -2.31. The number of aryl methyl sites for hydroxylation is 1. The van der Waals surface area contributed by atoms with Gasteiger partial charge in [0.2, 0.25) is 0 Å². The quantitative estimate of drug-likeness (QED) is 0.865. The van der Waals surface area contributed by atoms with Gasteiger partial charge in [-0.05, 0) is 24.1 Å². The molecule has 2 aromatic rings. The van der Waals surface area contributed by atoms with Crippen molar-refractivity contribution in [2.24, 2.45) is 0 Å². The van der Waals surface area contributed by atoms with Crippen LogP contribution in [0.1, 0.15) is 35.7 Å². The van der Waals surface area contributed by atoms with E-state index in [1.807, 2.05) is 4.90 Å². The number of hydrogen-bond donors (Lipinski definition) is 0. The number of nitrogens with zero attached hydrogens (tertiary/aromatic N) is 4. The molecule has 0 bridgehead atoms. The minimum Gasteiger partial charge on any atom is -0.460 e. The Bertz CT molecular complexity index is 637. The number of amides is 1. The van der Waals surface area contributed by atoms with Gasteiger partial charge in [-0.25, -0.2) is 9.97 Å². The summed E-state index contributed by atoms with van der Waals surface area (Å²) >= 11 is 0. The number of rotatable bonds is 4. The number of hydrogen-bond acceptors (Lipinski definition) is 5. The van der Waals surface area contributed by atoms with Crippen LogP contribution < -0.4 is 4.74 Å². The smallest absolute Gasteiger partial charge is 0.316 e. The first-order valence-corrected chi connectivity index (χ1v) is 7.93. The monoisotopic (exact) mass is 312 g/mol. The lowest BCUT2D eigenvalue weighted by Crippen LogP contribution is -2.41. The standard InChI is InChI=1S/C17H20N4O2/c1-2-13-11-19-17(20-12-13)23-15-5-9-21(10-6-15)16(22)14-3-7-18-8-4-14/h3-4,7-8,11-12,15H,2,5-6,9-10H2,1H3. The maximum atomic E-state index is 12.4. The van der Waals surface area contributed by atoms with Crippen molar-refractivity contribution in [3.63, 3.8) is 0 Å². The fraction of sp³-hybridized carbons (Fsp3) is 0.412. The molecule has 0 aromatic carbocycles. The summed E-state index contributed by atoms with van der Waals surface area (Å²) in [6.45, 7) is 3.42. The van der Waals surface area contributed by atoms with Crippen LogP contribution >= 0.6 is 0 Å². The second kappa shape index (κ2) is 7.17. The van der Waals surface area contributed by atoms with Crippen molar-refractivity contribution in [1.82, 2.24) is 19.9 Å². The Morgan fingerprint density at radius 3 is 2.48 bits per heavy atom. The fourth-order valence-electron chi connectivity index (χ4n) is 2.59. The molecule has 6 heteroatoms. The van der Waals surface area contributed by atoms with Crippen molar-refractivity contribution >= 4 is 5.91 Å². The highest BCUT2D eigenvalue weighted by molar-refractivity contribution is 5.94. The average Bonchev–Trinajstić information content (AvgIpc) is 2.63. The van der Waals surface area contributed by atoms with Crippen LogP contribution in [0, 0.1) is 0 Å². The maximum absolute atomic E-state index is 12.4. The van der Waals surface area contributed by atoms with Crippen molar-refractivity contribution < 1.29 is 9.53 Å². The molecule has 0 atom stereocenters. The highest BCUT2D eigenvalue weighted by Crippen LogP contribution is 2.17. The Labute approximate surface area is 135 Å². The van der Waals surface area contributed by atoms with Crippen molar-refractivity contribution in [1.29, 1.82) is 0 Å². The van der Waals surface area contributed by atoms with Gasteiger partial charge < -0.3 is 9.64 Å². The topological polar surface area (TPSA) is 68.2 Å². The van der Waals surface area contributed by atoms with Gasteiger partial charge in [0.05, 0.1) is 0 Å². The molecule has 0 aliphatic carbocycles. The summed E-state index contributed by atoms with van der Waals surface area (Å²) in [5.74, 6) is 0.0504. The van der Waals surface area contributed by atoms with Gasteiger partial charge in [0, 0.05) is 56.3 Å². The van der Waals surface area contributed by atoms with Crippen LogP contribution in [0.15, 0.2) is 36.9 Å². The largest absolute Gasteiger partial charge is 0.460 e. The molecule has 6 nitrogen and oxygen atoms in total. The van der Waals surface area contributed by atoms with Gasteiger partial charge in [0.15, 0.2) is 0 Å². The van der Waals surface area contributed by atoms with Crippen LogP contribution in [0.3, 0.4) is 0 Å². The number of ether oxygens (including phenoxy) is 1. The van der Waals surface area contributed by atoms with Crippen molar-refractivity contribution in [3.8, 4) is 6.01 Å². The maximum Gasteiger partial charge on any atom is 0.316 e. The molecule has 0 unspecified atom stereocenters. The third-order valence-corrected chi connectivity index (χ3v) is 4.02. The van der Waals surface area contributed by atoms with Crippen LogP contribution in [0.5, 0.6) is 6.01 Å². The number of piperidine rings is 1. The normalized spacial score (nSPS) is 15.4. The Balaban J connectivity index is 1.53. The fourth-order valence-corrected chi connectivity index (χ4v) is 2.59. The van der Waals surface area contributed by atoms with Gasteiger partial charge in [0.1, 0.15) is 6.10 Å². The van der Waals surface area contributed by atoms with E-state index < -0.39 is 0 Å². The second-order valence-electron chi connectivity index (χ2n) is 5.57. The molecule has 1 fully saturated rings. The van der Waals surface area contributed by atoms with Crippen LogP contribution in [0.25, 0.3) is 0 Å². The van der Waals surface area contributed by atoms with Gasteiger partial charge in [-0.1, -0.05) is 6.92 Å². The van der Waals surface area contributed by atoms with Gasteiger partial charge >= 0.3 is 6.01 Å². The zero-order valence-corrected chi connectivity index (χ0v) is 13.2. The highest BCUT2D eigenvalue weighted by Gasteiger charge is 2.25. The molecule has 0 spiro atoms. The lowest BCUT2D eigenvalue weighted by atomic mass is 10.1. The van der Waals surface area contributed by atoms with Crippen molar-refractivity contribution in [2.75, 3.05) is 13.1 Å². The molecule has 0 radical (unpaired) electrons. The first kappa shape index (κ1) is 15.4. The Morgan fingerprint density at radius 2 is 1.87 bits per heavy atom. The van der Waals surface area contributed by atoms with Crippen molar-refractivity contribution in [3.05, 3.63) is 48.0 Å². The SMILES string of the molecule is CCc1cnc(OC2CCN(C(=O)c3ccncc3)CC2)nc1. The van der Waals surface area contributed by atoms with E-state index in [9.17, 15) is 4.79 Å². The molecule has 3 heterocycles. The van der Waals surface area contributed by atoms with Gasteiger partial charge in [-0.2, -0.15) is 0 Å². The van der Waals surface area contributed by atoms with Crippen LogP contribution in [0.2, 0.25) is 0 Å². The van der Waals surface area contributed by atoms with Gasteiger partial charge in [-0.15, -0.1) is 0 Å².